The lowest BCUT2D eigenvalue weighted by Crippen LogP contribution is -2.25. The second-order valence-corrected chi connectivity index (χ2v) is 7.52. The highest BCUT2D eigenvalue weighted by Crippen LogP contribution is 2.22. The number of fused-ring (bicyclic) bond motifs is 1. The molecule has 0 aliphatic rings. The maximum atomic E-state index is 13.0. The predicted molar refractivity (Wildman–Crippen MR) is 117 cm³/mol. The van der Waals surface area contributed by atoms with Gasteiger partial charge in [0.1, 0.15) is 0 Å². The Bertz CT molecular complexity index is 1400. The molecule has 0 atom stereocenters. The number of rotatable bonds is 5. The van der Waals surface area contributed by atoms with Gasteiger partial charge in [0, 0.05) is 34.8 Å². The number of Topliss-reactive ketones (excluding diaryl/α,β-unsaturated/α-hetero) is 1. The molecule has 0 aliphatic heterocycles. The molecule has 0 fully saturated rings. The topological polar surface area (TPSA) is 100 Å². The fourth-order valence-electron chi connectivity index (χ4n) is 3.75. The first kappa shape index (κ1) is 20.2. The number of aryl methyl sites for hydroxylation is 2. The maximum absolute atomic E-state index is 13.0. The van der Waals surface area contributed by atoms with Gasteiger partial charge in [-0.2, -0.15) is 0 Å². The lowest BCUT2D eigenvalue weighted by Gasteiger charge is -2.10. The Hall–Kier alpha value is -4.07. The lowest BCUT2D eigenvalue weighted by atomic mass is 10.1. The smallest absolute Gasteiger partial charge is 0.271 e. The molecule has 0 unspecified atom stereocenters. The highest BCUT2D eigenvalue weighted by atomic mass is 16.6. The van der Waals surface area contributed by atoms with Gasteiger partial charge in [0.05, 0.1) is 28.7 Å². The lowest BCUT2D eigenvalue weighted by molar-refractivity contribution is -0.384. The summed E-state index contributed by atoms with van der Waals surface area (Å²) in [5.74, 6) is -0.211. The summed E-state index contributed by atoms with van der Waals surface area (Å²) < 4.78 is 3.24. The minimum atomic E-state index is -0.542. The van der Waals surface area contributed by atoms with E-state index in [0.29, 0.717) is 5.56 Å². The van der Waals surface area contributed by atoms with Crippen LogP contribution in [0.15, 0.2) is 59.7 Å². The summed E-state index contributed by atoms with van der Waals surface area (Å²) in [5.41, 5.74) is 4.03. The van der Waals surface area contributed by atoms with Crippen LogP contribution in [0.2, 0.25) is 0 Å². The van der Waals surface area contributed by atoms with Crippen molar-refractivity contribution in [3.05, 3.63) is 97.8 Å². The van der Waals surface area contributed by atoms with Gasteiger partial charge < -0.3 is 4.57 Å². The highest BCUT2D eigenvalue weighted by molar-refractivity contribution is 5.97. The number of non-ortho nitro benzene ring substituents is 1. The van der Waals surface area contributed by atoms with Gasteiger partial charge in [-0.1, -0.05) is 17.7 Å². The Morgan fingerprint density at radius 1 is 1.06 bits per heavy atom. The molecule has 0 aliphatic carbocycles. The summed E-state index contributed by atoms with van der Waals surface area (Å²) in [6.45, 7) is 5.65. The van der Waals surface area contributed by atoms with Gasteiger partial charge in [-0.15, -0.1) is 0 Å². The van der Waals surface area contributed by atoms with Crippen molar-refractivity contribution in [1.29, 1.82) is 0 Å². The SMILES string of the molecule is Cc1ccc(-n2c(C)cc(C(=O)Cn3cnc4cc([N+](=O)[O-])ccc4c3=O)c2C)cc1. The van der Waals surface area contributed by atoms with E-state index in [9.17, 15) is 19.7 Å². The van der Waals surface area contributed by atoms with Crippen molar-refractivity contribution in [3.63, 3.8) is 0 Å². The molecule has 2 aromatic heterocycles. The Morgan fingerprint density at radius 3 is 2.45 bits per heavy atom. The summed E-state index contributed by atoms with van der Waals surface area (Å²) >= 11 is 0. The Labute approximate surface area is 177 Å². The number of nitro benzene ring substituents is 1. The van der Waals surface area contributed by atoms with E-state index in [1.165, 1.54) is 29.1 Å². The third-order valence-corrected chi connectivity index (χ3v) is 5.36. The minimum Gasteiger partial charge on any atom is -0.318 e. The van der Waals surface area contributed by atoms with Crippen LogP contribution >= 0.6 is 0 Å². The summed E-state index contributed by atoms with van der Waals surface area (Å²) in [5, 5.41) is 11.2. The number of aromatic nitrogens is 3. The van der Waals surface area contributed by atoms with Crippen LogP contribution in [0, 0.1) is 30.9 Å². The van der Waals surface area contributed by atoms with Crippen LogP contribution in [0.25, 0.3) is 16.6 Å². The summed E-state index contributed by atoms with van der Waals surface area (Å²) in [7, 11) is 0. The molecule has 0 N–H and O–H groups in total. The van der Waals surface area contributed by atoms with Gasteiger partial charge in [-0.05, 0) is 45.0 Å². The third kappa shape index (κ3) is 3.63. The predicted octanol–water partition coefficient (Wildman–Crippen LogP) is 3.90. The largest absolute Gasteiger partial charge is 0.318 e. The van der Waals surface area contributed by atoms with Crippen molar-refractivity contribution in [1.82, 2.24) is 14.1 Å². The van der Waals surface area contributed by atoms with E-state index >= 15 is 0 Å². The van der Waals surface area contributed by atoms with Gasteiger partial charge in [-0.3, -0.25) is 24.3 Å². The average Bonchev–Trinajstić information content (AvgIpc) is 3.04. The Balaban J connectivity index is 1.68. The highest BCUT2D eigenvalue weighted by Gasteiger charge is 2.18. The van der Waals surface area contributed by atoms with Crippen molar-refractivity contribution in [2.45, 2.75) is 27.3 Å². The molecule has 8 nitrogen and oxygen atoms in total. The van der Waals surface area contributed by atoms with E-state index in [2.05, 4.69) is 4.98 Å². The number of nitrogens with zero attached hydrogens (tertiary/aromatic N) is 4. The standard InChI is InChI=1S/C23H20N4O4/c1-14-4-6-17(7-5-14)26-15(2)10-20(16(26)3)22(28)12-25-13-24-21-11-18(27(30)31)8-9-19(21)23(25)29/h4-11,13H,12H2,1-3H3. The van der Waals surface area contributed by atoms with E-state index in [1.807, 2.05) is 55.7 Å². The van der Waals surface area contributed by atoms with Gasteiger partial charge in [-0.25, -0.2) is 4.98 Å². The molecular formula is C23H20N4O4. The molecule has 2 heterocycles. The molecular weight excluding hydrogens is 396 g/mol. The van der Waals surface area contributed by atoms with Crippen LogP contribution in [-0.4, -0.2) is 24.8 Å². The van der Waals surface area contributed by atoms with Crippen LogP contribution in [0.1, 0.15) is 27.3 Å². The Morgan fingerprint density at radius 2 is 1.77 bits per heavy atom. The summed E-state index contributed by atoms with van der Waals surface area (Å²) in [6, 6.07) is 13.7. The molecule has 4 aromatic rings. The van der Waals surface area contributed by atoms with Crippen LogP contribution in [-0.2, 0) is 6.54 Å². The number of benzene rings is 2. The number of ketones is 1. The van der Waals surface area contributed by atoms with Crippen molar-refractivity contribution in [2.24, 2.45) is 0 Å². The second kappa shape index (κ2) is 7.64. The molecule has 0 radical (unpaired) electrons. The number of carbonyl (C=O) groups excluding carboxylic acids is 1. The van der Waals surface area contributed by atoms with Crippen LogP contribution < -0.4 is 5.56 Å². The minimum absolute atomic E-state index is 0.142. The first-order chi connectivity index (χ1) is 14.8. The van der Waals surface area contributed by atoms with E-state index in [-0.39, 0.29) is 28.9 Å². The summed E-state index contributed by atoms with van der Waals surface area (Å²) in [4.78, 5) is 40.3. The second-order valence-electron chi connectivity index (χ2n) is 7.52. The van der Waals surface area contributed by atoms with E-state index in [4.69, 9.17) is 0 Å². The van der Waals surface area contributed by atoms with Gasteiger partial charge in [0.2, 0.25) is 0 Å². The summed E-state index contributed by atoms with van der Waals surface area (Å²) in [6.07, 6.45) is 1.26. The van der Waals surface area contributed by atoms with Crippen molar-refractivity contribution in [2.75, 3.05) is 0 Å². The van der Waals surface area contributed by atoms with Crippen molar-refractivity contribution < 1.29 is 9.72 Å². The Kier molecular flexibility index (Phi) is 4.98. The average molecular weight is 416 g/mol. The van der Waals surface area contributed by atoms with Crippen molar-refractivity contribution in [3.8, 4) is 5.69 Å². The molecule has 8 heteroatoms. The van der Waals surface area contributed by atoms with E-state index < -0.39 is 10.5 Å². The number of carbonyl (C=O) groups is 1. The van der Waals surface area contributed by atoms with Crippen LogP contribution in [0.5, 0.6) is 0 Å². The zero-order valence-corrected chi connectivity index (χ0v) is 17.3. The van der Waals surface area contributed by atoms with Crippen LogP contribution in [0.4, 0.5) is 5.69 Å². The van der Waals surface area contributed by atoms with Gasteiger partial charge in [0.25, 0.3) is 11.2 Å². The first-order valence-corrected chi connectivity index (χ1v) is 9.69. The zero-order chi connectivity index (χ0) is 22.3. The molecule has 0 saturated carbocycles. The van der Waals surface area contributed by atoms with E-state index in [1.54, 1.807) is 0 Å². The maximum Gasteiger partial charge on any atom is 0.271 e. The molecule has 4 rings (SSSR count). The molecule has 31 heavy (non-hydrogen) atoms. The number of hydrogen-bond acceptors (Lipinski definition) is 5. The molecule has 0 spiro atoms. The molecule has 0 saturated heterocycles. The number of nitro groups is 1. The van der Waals surface area contributed by atoms with Crippen molar-refractivity contribution >= 4 is 22.4 Å². The van der Waals surface area contributed by atoms with Crippen LogP contribution in [0.3, 0.4) is 0 Å². The zero-order valence-electron chi connectivity index (χ0n) is 17.3. The molecule has 0 amide bonds. The fraction of sp³-hybridized carbons (Fsp3) is 0.174. The molecule has 2 aromatic carbocycles. The normalized spacial score (nSPS) is 11.1. The fourth-order valence-corrected chi connectivity index (χ4v) is 3.75. The quantitative estimate of drug-likeness (QED) is 0.279. The monoisotopic (exact) mass is 416 g/mol. The van der Waals surface area contributed by atoms with Gasteiger partial charge in [0.15, 0.2) is 5.78 Å². The third-order valence-electron chi connectivity index (χ3n) is 5.36. The first-order valence-electron chi connectivity index (χ1n) is 9.69. The van der Waals surface area contributed by atoms with E-state index in [0.717, 1.165) is 22.6 Å². The van der Waals surface area contributed by atoms with Gasteiger partial charge >= 0.3 is 0 Å². The molecule has 156 valence electrons. The molecule has 0 bridgehead atoms. The number of hydrogen-bond donors (Lipinski definition) is 0.